The molecular weight excluding hydrogens is 315 g/mol. The van der Waals surface area contributed by atoms with Crippen molar-refractivity contribution in [2.24, 2.45) is 0 Å². The molecule has 0 bridgehead atoms. The van der Waals surface area contributed by atoms with Crippen molar-refractivity contribution in [2.75, 3.05) is 0 Å². The van der Waals surface area contributed by atoms with Gasteiger partial charge in [-0.15, -0.1) is 0 Å². The van der Waals surface area contributed by atoms with E-state index in [1.807, 2.05) is 0 Å². The van der Waals surface area contributed by atoms with E-state index in [1.54, 1.807) is 18.2 Å². The topological polar surface area (TPSA) is 66.6 Å². The Morgan fingerprint density at radius 3 is 2.50 bits per heavy atom. The van der Waals surface area contributed by atoms with E-state index in [-0.39, 0.29) is 11.3 Å². The van der Waals surface area contributed by atoms with E-state index in [9.17, 15) is 23.2 Å². The minimum Gasteiger partial charge on any atom is -0.292 e. The van der Waals surface area contributed by atoms with Crippen LogP contribution in [-0.2, 0) is 0 Å². The number of hydrogen-bond donors (Lipinski definition) is 0. The van der Waals surface area contributed by atoms with Gasteiger partial charge in [-0.3, -0.25) is 9.78 Å². The molecule has 0 amide bonds. The molecule has 22 heavy (non-hydrogen) atoms. The van der Waals surface area contributed by atoms with E-state index in [4.69, 9.17) is 0 Å². The van der Waals surface area contributed by atoms with Crippen LogP contribution in [0.1, 0.15) is 22.0 Å². The van der Waals surface area contributed by atoms with Crippen molar-refractivity contribution in [3.63, 3.8) is 0 Å². The predicted octanol–water partition coefficient (Wildman–Crippen LogP) is 3.58. The quantitative estimate of drug-likeness (QED) is 0.635. The number of Topliss-reactive ketones (excluding diaryl/α,β-unsaturated/α-hetero) is 1. The molecule has 0 spiro atoms. The molecule has 2 aromatic heterocycles. The van der Waals surface area contributed by atoms with Gasteiger partial charge in [0.15, 0.2) is 11.7 Å². The Morgan fingerprint density at radius 2 is 1.91 bits per heavy atom. The molecule has 0 aliphatic rings. The van der Waals surface area contributed by atoms with Gasteiger partial charge in [-0.25, -0.2) is 4.98 Å². The highest BCUT2D eigenvalue weighted by molar-refractivity contribution is 8.00. The molecule has 0 aliphatic carbocycles. The van der Waals surface area contributed by atoms with Crippen molar-refractivity contribution in [1.29, 1.82) is 5.26 Å². The Morgan fingerprint density at radius 1 is 1.18 bits per heavy atom. The summed E-state index contributed by atoms with van der Waals surface area (Å²) in [5.74, 6) is -2.04. The fourth-order valence-corrected chi connectivity index (χ4v) is 2.34. The highest BCUT2D eigenvalue weighted by Gasteiger charge is 2.34. The lowest BCUT2D eigenvalue weighted by Crippen LogP contribution is -2.15. The van der Waals surface area contributed by atoms with E-state index in [0.717, 1.165) is 6.20 Å². The van der Waals surface area contributed by atoms with Gasteiger partial charge in [0.25, 0.3) is 0 Å². The summed E-state index contributed by atoms with van der Waals surface area (Å²) in [7, 11) is 0. The number of carbonyl (C=O) groups excluding carboxylic acids is 1. The number of thioether (sulfide) groups is 1. The fourth-order valence-electron chi connectivity index (χ4n) is 1.73. The SMILES string of the molecule is N#C[C@@H](C(=O)c1cccnc1SC(F)(F)F)c1ccccn1. The molecule has 1 atom stereocenters. The summed E-state index contributed by atoms with van der Waals surface area (Å²) >= 11 is -0.483. The second kappa shape index (κ2) is 6.58. The minimum atomic E-state index is -4.57. The van der Waals surface area contributed by atoms with Crippen LogP contribution in [0.3, 0.4) is 0 Å². The van der Waals surface area contributed by atoms with Gasteiger partial charge in [-0.05, 0) is 24.3 Å². The van der Waals surface area contributed by atoms with Crippen LogP contribution in [0, 0.1) is 11.3 Å². The van der Waals surface area contributed by atoms with Crippen molar-refractivity contribution in [3.8, 4) is 6.07 Å². The van der Waals surface area contributed by atoms with Crippen LogP contribution in [0.4, 0.5) is 13.2 Å². The first-order valence-corrected chi connectivity index (χ1v) is 6.79. The summed E-state index contributed by atoms with van der Waals surface area (Å²) in [6.45, 7) is 0. The molecule has 0 N–H and O–H groups in total. The molecule has 0 saturated carbocycles. The number of aromatic nitrogens is 2. The fraction of sp³-hybridized carbons (Fsp3) is 0.143. The van der Waals surface area contributed by atoms with E-state index >= 15 is 0 Å². The van der Waals surface area contributed by atoms with Gasteiger partial charge < -0.3 is 0 Å². The van der Waals surface area contributed by atoms with Crippen LogP contribution in [0.2, 0.25) is 0 Å². The first kappa shape index (κ1) is 16.0. The lowest BCUT2D eigenvalue weighted by atomic mass is 9.96. The number of rotatable bonds is 4. The molecule has 0 saturated heterocycles. The molecule has 8 heteroatoms. The van der Waals surface area contributed by atoms with Crippen LogP contribution >= 0.6 is 11.8 Å². The maximum absolute atomic E-state index is 12.5. The molecule has 0 aliphatic heterocycles. The summed E-state index contributed by atoms with van der Waals surface area (Å²) in [5.41, 5.74) is -4.64. The summed E-state index contributed by atoms with van der Waals surface area (Å²) in [4.78, 5) is 19.9. The third-order valence-electron chi connectivity index (χ3n) is 2.62. The number of nitriles is 1. The number of ketones is 1. The monoisotopic (exact) mass is 323 g/mol. The number of pyridine rings is 2. The summed E-state index contributed by atoms with van der Waals surface area (Å²) in [5, 5.41) is 8.70. The van der Waals surface area contributed by atoms with Gasteiger partial charge >= 0.3 is 5.51 Å². The van der Waals surface area contributed by atoms with Crippen LogP contribution in [-0.4, -0.2) is 21.3 Å². The molecule has 112 valence electrons. The maximum Gasteiger partial charge on any atom is 0.447 e. The number of carbonyl (C=O) groups is 1. The first-order valence-electron chi connectivity index (χ1n) is 5.98. The van der Waals surface area contributed by atoms with Gasteiger partial charge in [0.2, 0.25) is 0 Å². The van der Waals surface area contributed by atoms with Crippen molar-refractivity contribution in [1.82, 2.24) is 9.97 Å². The molecular formula is C14H8F3N3OS. The Hall–Kier alpha value is -2.40. The maximum atomic E-state index is 12.5. The highest BCUT2D eigenvalue weighted by Crippen LogP contribution is 2.38. The number of hydrogen-bond acceptors (Lipinski definition) is 5. The van der Waals surface area contributed by atoms with Crippen LogP contribution in [0.15, 0.2) is 47.8 Å². The van der Waals surface area contributed by atoms with Crippen LogP contribution in [0.25, 0.3) is 0 Å². The van der Waals surface area contributed by atoms with Gasteiger partial charge in [0.05, 0.1) is 17.3 Å². The summed E-state index contributed by atoms with van der Waals surface area (Å²) in [6, 6.07) is 9.01. The Balaban J connectivity index is 2.39. The summed E-state index contributed by atoms with van der Waals surface area (Å²) in [6.07, 6.45) is 2.56. The number of halogens is 3. The molecule has 0 fully saturated rings. The van der Waals surface area contributed by atoms with E-state index in [2.05, 4.69) is 9.97 Å². The largest absolute Gasteiger partial charge is 0.447 e. The molecule has 2 heterocycles. The Kier molecular flexibility index (Phi) is 4.78. The van der Waals surface area contributed by atoms with E-state index in [1.165, 1.54) is 24.4 Å². The molecule has 0 aromatic carbocycles. The lowest BCUT2D eigenvalue weighted by molar-refractivity contribution is -0.0329. The smallest absolute Gasteiger partial charge is 0.292 e. The summed E-state index contributed by atoms with van der Waals surface area (Å²) < 4.78 is 37.6. The molecule has 0 radical (unpaired) electrons. The van der Waals surface area contributed by atoms with Gasteiger partial charge in [0, 0.05) is 24.2 Å². The third kappa shape index (κ3) is 3.83. The molecule has 2 aromatic rings. The van der Waals surface area contributed by atoms with Gasteiger partial charge in [-0.2, -0.15) is 18.4 Å². The van der Waals surface area contributed by atoms with E-state index in [0.29, 0.717) is 0 Å². The molecule has 4 nitrogen and oxygen atoms in total. The second-order valence-corrected chi connectivity index (χ2v) is 5.14. The standard InChI is InChI=1S/C14H8F3N3OS/c15-14(16,17)22-13-9(4-3-7-20-13)12(21)10(8-18)11-5-1-2-6-19-11/h1-7,10H/t10-/m1/s1. The molecule has 2 rings (SSSR count). The zero-order valence-electron chi connectivity index (χ0n) is 10.9. The highest BCUT2D eigenvalue weighted by atomic mass is 32.2. The van der Waals surface area contributed by atoms with E-state index < -0.39 is 34.0 Å². The Labute approximate surface area is 128 Å². The van der Waals surface area contributed by atoms with Crippen molar-refractivity contribution in [3.05, 3.63) is 54.0 Å². The van der Waals surface area contributed by atoms with Crippen LogP contribution in [0.5, 0.6) is 0 Å². The van der Waals surface area contributed by atoms with Crippen molar-refractivity contribution >= 4 is 17.5 Å². The zero-order valence-corrected chi connectivity index (χ0v) is 11.7. The third-order valence-corrected chi connectivity index (χ3v) is 3.37. The average Bonchev–Trinajstić information content (AvgIpc) is 2.48. The minimum absolute atomic E-state index is 0.182. The number of nitrogens with zero attached hydrogens (tertiary/aromatic N) is 3. The second-order valence-electron chi connectivity index (χ2n) is 4.08. The average molecular weight is 323 g/mol. The molecule has 0 unspecified atom stereocenters. The lowest BCUT2D eigenvalue weighted by Gasteiger charge is -2.11. The van der Waals surface area contributed by atoms with Gasteiger partial charge in [0.1, 0.15) is 5.03 Å². The van der Waals surface area contributed by atoms with Crippen molar-refractivity contribution in [2.45, 2.75) is 16.5 Å². The number of alkyl halides is 3. The normalized spacial score (nSPS) is 12.5. The van der Waals surface area contributed by atoms with Crippen LogP contribution < -0.4 is 0 Å². The predicted molar refractivity (Wildman–Crippen MR) is 73.1 cm³/mol. The van der Waals surface area contributed by atoms with Gasteiger partial charge in [-0.1, -0.05) is 6.07 Å². The Bertz CT molecular complexity index is 713. The first-order chi connectivity index (χ1) is 10.4. The van der Waals surface area contributed by atoms with Crippen molar-refractivity contribution < 1.29 is 18.0 Å². The zero-order chi connectivity index (χ0) is 16.2.